The zero-order valence-electron chi connectivity index (χ0n) is 11.1. The van der Waals surface area contributed by atoms with E-state index < -0.39 is 11.7 Å². The van der Waals surface area contributed by atoms with Crippen molar-refractivity contribution < 1.29 is 14.3 Å². The van der Waals surface area contributed by atoms with Crippen LogP contribution in [0.5, 0.6) is 0 Å². The second kappa shape index (κ2) is 3.86. The van der Waals surface area contributed by atoms with Gasteiger partial charge in [-0.25, -0.2) is 4.79 Å². The first-order chi connectivity index (χ1) is 10.0. The summed E-state index contributed by atoms with van der Waals surface area (Å²) in [5.41, 5.74) is 0.978. The fraction of sp³-hybridized carbons (Fsp3) is 0.125. The van der Waals surface area contributed by atoms with E-state index in [1.165, 1.54) is 11.0 Å². The van der Waals surface area contributed by atoms with E-state index in [-0.39, 0.29) is 5.91 Å². The Morgan fingerprint density at radius 1 is 1.10 bits per heavy atom. The van der Waals surface area contributed by atoms with Crippen LogP contribution in [0.15, 0.2) is 42.5 Å². The summed E-state index contributed by atoms with van der Waals surface area (Å²) in [4.78, 5) is 26.5. The molecule has 1 amide bonds. The van der Waals surface area contributed by atoms with Crippen molar-refractivity contribution in [1.82, 2.24) is 0 Å². The molecule has 2 heterocycles. The highest BCUT2D eigenvalue weighted by Gasteiger charge is 2.53. The van der Waals surface area contributed by atoms with Crippen molar-refractivity contribution in [3.8, 4) is 0 Å². The van der Waals surface area contributed by atoms with Crippen molar-refractivity contribution in [3.63, 3.8) is 0 Å². The Kier molecular flexibility index (Phi) is 2.28. The molecular formula is C16H10ClNO3. The third-order valence-electron chi connectivity index (χ3n) is 4.00. The molecule has 0 aliphatic carbocycles. The molecule has 0 fully saturated rings. The highest BCUT2D eigenvalue weighted by atomic mass is 35.5. The van der Waals surface area contributed by atoms with Crippen molar-refractivity contribution >= 4 is 29.2 Å². The van der Waals surface area contributed by atoms with Crippen LogP contribution >= 0.6 is 11.6 Å². The van der Waals surface area contributed by atoms with Gasteiger partial charge in [-0.05, 0) is 24.3 Å². The minimum absolute atomic E-state index is 0.177. The summed E-state index contributed by atoms with van der Waals surface area (Å²) in [6.07, 6.45) is 0. The van der Waals surface area contributed by atoms with E-state index in [1.54, 1.807) is 37.3 Å². The number of halogens is 1. The van der Waals surface area contributed by atoms with Crippen molar-refractivity contribution in [1.29, 1.82) is 0 Å². The lowest BCUT2D eigenvalue weighted by Gasteiger charge is -2.39. The van der Waals surface area contributed by atoms with Crippen LogP contribution in [0.25, 0.3) is 0 Å². The Hall–Kier alpha value is -2.33. The van der Waals surface area contributed by atoms with Crippen molar-refractivity contribution in [2.75, 3.05) is 4.90 Å². The Labute approximate surface area is 125 Å². The van der Waals surface area contributed by atoms with Crippen LogP contribution in [0, 0.1) is 0 Å². The van der Waals surface area contributed by atoms with Gasteiger partial charge < -0.3 is 4.74 Å². The maximum Gasteiger partial charge on any atom is 0.342 e. The van der Waals surface area contributed by atoms with Crippen LogP contribution in [0.2, 0.25) is 5.02 Å². The molecule has 5 heteroatoms. The molecule has 0 saturated heterocycles. The SMILES string of the molecule is CC12OC(=O)c3cc(Cl)ccc3N1C(=O)c1ccccc12. The van der Waals surface area contributed by atoms with E-state index in [1.807, 2.05) is 6.07 Å². The molecule has 0 bridgehead atoms. The van der Waals surface area contributed by atoms with E-state index in [9.17, 15) is 9.59 Å². The molecule has 1 atom stereocenters. The molecule has 21 heavy (non-hydrogen) atoms. The lowest BCUT2D eigenvalue weighted by molar-refractivity contribution is -0.0129. The summed E-state index contributed by atoms with van der Waals surface area (Å²) >= 11 is 5.93. The third-order valence-corrected chi connectivity index (χ3v) is 4.23. The molecule has 0 saturated carbocycles. The van der Waals surface area contributed by atoms with Crippen LogP contribution in [-0.2, 0) is 10.5 Å². The van der Waals surface area contributed by atoms with Crippen molar-refractivity contribution in [2.24, 2.45) is 0 Å². The monoisotopic (exact) mass is 299 g/mol. The molecular weight excluding hydrogens is 290 g/mol. The fourth-order valence-corrected chi connectivity index (χ4v) is 3.22. The Morgan fingerprint density at radius 3 is 2.67 bits per heavy atom. The zero-order chi connectivity index (χ0) is 14.8. The second-order valence-corrected chi connectivity index (χ2v) is 5.66. The molecule has 2 aromatic rings. The van der Waals surface area contributed by atoms with Gasteiger partial charge in [0.2, 0.25) is 5.72 Å². The lowest BCUT2D eigenvalue weighted by Crippen LogP contribution is -2.49. The Balaban J connectivity index is 2.02. The molecule has 1 unspecified atom stereocenters. The first-order valence-corrected chi connectivity index (χ1v) is 6.87. The summed E-state index contributed by atoms with van der Waals surface area (Å²) in [5.74, 6) is -0.653. The summed E-state index contributed by atoms with van der Waals surface area (Å²) < 4.78 is 5.58. The minimum Gasteiger partial charge on any atom is -0.431 e. The van der Waals surface area contributed by atoms with Gasteiger partial charge in [-0.1, -0.05) is 29.8 Å². The minimum atomic E-state index is -1.11. The number of hydrogen-bond acceptors (Lipinski definition) is 3. The normalized spacial score (nSPS) is 22.5. The van der Waals surface area contributed by atoms with Crippen LogP contribution < -0.4 is 4.90 Å². The predicted octanol–water partition coefficient (Wildman–Crippen LogP) is 3.34. The lowest BCUT2D eigenvalue weighted by atomic mass is 10.0. The highest BCUT2D eigenvalue weighted by Crippen LogP contribution is 2.47. The summed E-state index contributed by atoms with van der Waals surface area (Å²) in [6.45, 7) is 1.73. The number of carbonyl (C=O) groups is 2. The fourth-order valence-electron chi connectivity index (χ4n) is 3.05. The molecule has 0 aromatic heterocycles. The number of benzene rings is 2. The number of hydrogen-bond donors (Lipinski definition) is 0. The first-order valence-electron chi connectivity index (χ1n) is 6.49. The summed E-state index contributed by atoms with van der Waals surface area (Å²) in [7, 11) is 0. The van der Waals surface area contributed by atoms with Gasteiger partial charge in [-0.3, -0.25) is 9.69 Å². The maximum atomic E-state index is 12.7. The number of amides is 1. The molecule has 2 aromatic carbocycles. The van der Waals surface area contributed by atoms with Gasteiger partial charge in [-0.2, -0.15) is 0 Å². The molecule has 2 aliphatic rings. The van der Waals surface area contributed by atoms with E-state index in [0.29, 0.717) is 27.4 Å². The Bertz CT molecular complexity index is 817. The number of nitrogens with zero attached hydrogens (tertiary/aromatic N) is 1. The summed E-state index contributed by atoms with van der Waals surface area (Å²) in [5, 5.41) is 0.429. The van der Waals surface area contributed by atoms with Crippen LogP contribution in [0.4, 0.5) is 5.69 Å². The number of rotatable bonds is 0. The molecule has 4 rings (SSSR count). The molecule has 0 radical (unpaired) electrons. The third kappa shape index (κ3) is 1.45. The largest absolute Gasteiger partial charge is 0.431 e. The molecule has 2 aliphatic heterocycles. The first kappa shape index (κ1) is 12.4. The molecule has 0 spiro atoms. The smallest absolute Gasteiger partial charge is 0.342 e. The van der Waals surface area contributed by atoms with Crippen LogP contribution in [0.1, 0.15) is 33.2 Å². The van der Waals surface area contributed by atoms with Gasteiger partial charge in [0.1, 0.15) is 0 Å². The number of ether oxygens (including phenoxy) is 1. The topological polar surface area (TPSA) is 46.6 Å². The molecule has 4 nitrogen and oxygen atoms in total. The van der Waals surface area contributed by atoms with Gasteiger partial charge in [-0.15, -0.1) is 0 Å². The van der Waals surface area contributed by atoms with Gasteiger partial charge in [0.15, 0.2) is 0 Å². The molecule has 0 N–H and O–H groups in total. The number of fused-ring (bicyclic) bond motifs is 5. The average molecular weight is 300 g/mol. The van der Waals surface area contributed by atoms with Crippen molar-refractivity contribution in [2.45, 2.75) is 12.6 Å². The van der Waals surface area contributed by atoms with Gasteiger partial charge in [0, 0.05) is 23.1 Å². The number of anilines is 1. The number of esters is 1. The highest BCUT2D eigenvalue weighted by molar-refractivity contribution is 6.31. The number of carbonyl (C=O) groups excluding carboxylic acids is 2. The van der Waals surface area contributed by atoms with E-state index >= 15 is 0 Å². The quantitative estimate of drug-likeness (QED) is 0.701. The standard InChI is InChI=1S/C16H10ClNO3/c1-16-12-5-3-2-4-10(12)14(19)18(16)13-7-6-9(17)8-11(13)15(20)21-16/h2-8H,1H3. The predicted molar refractivity (Wildman–Crippen MR) is 77.5 cm³/mol. The van der Waals surface area contributed by atoms with Gasteiger partial charge in [0.25, 0.3) is 5.91 Å². The van der Waals surface area contributed by atoms with E-state index in [2.05, 4.69) is 0 Å². The second-order valence-electron chi connectivity index (χ2n) is 5.22. The Morgan fingerprint density at radius 2 is 1.86 bits per heavy atom. The zero-order valence-corrected chi connectivity index (χ0v) is 11.8. The van der Waals surface area contributed by atoms with E-state index in [0.717, 1.165) is 0 Å². The van der Waals surface area contributed by atoms with Crippen LogP contribution in [-0.4, -0.2) is 11.9 Å². The molecule has 104 valence electrons. The van der Waals surface area contributed by atoms with Crippen LogP contribution in [0.3, 0.4) is 0 Å². The summed E-state index contributed by atoms with van der Waals surface area (Å²) in [6, 6.07) is 12.0. The maximum absolute atomic E-state index is 12.7. The van der Waals surface area contributed by atoms with E-state index in [4.69, 9.17) is 16.3 Å². The van der Waals surface area contributed by atoms with Gasteiger partial charge in [0.05, 0.1) is 11.3 Å². The van der Waals surface area contributed by atoms with Gasteiger partial charge >= 0.3 is 5.97 Å². The average Bonchev–Trinajstić information content (AvgIpc) is 2.69. The van der Waals surface area contributed by atoms with Crippen molar-refractivity contribution in [3.05, 3.63) is 64.2 Å².